The van der Waals surface area contributed by atoms with E-state index in [1.54, 1.807) is 18.3 Å². The molecule has 0 aliphatic heterocycles. The Labute approximate surface area is 105 Å². The fraction of sp³-hybridized carbons (Fsp3) is 0.214. The highest BCUT2D eigenvalue weighted by molar-refractivity contribution is 7.19. The van der Waals surface area contributed by atoms with Crippen molar-refractivity contribution in [3.8, 4) is 0 Å². The normalized spacial score (nSPS) is 10.5. The van der Waals surface area contributed by atoms with E-state index in [2.05, 4.69) is 31.0 Å². The average Bonchev–Trinajstić information content (AvgIpc) is 2.64. The average molecular weight is 245 g/mol. The third kappa shape index (κ3) is 2.39. The molecule has 2 nitrogen and oxygen atoms in total. The van der Waals surface area contributed by atoms with Gasteiger partial charge in [-0.1, -0.05) is 24.8 Å². The second kappa shape index (κ2) is 4.72. The number of hydrogen-bond donors (Lipinski definition) is 1. The van der Waals surface area contributed by atoms with E-state index in [1.807, 2.05) is 12.1 Å². The van der Waals surface area contributed by atoms with Crippen molar-refractivity contribution >= 4 is 27.3 Å². The fourth-order valence-corrected chi connectivity index (χ4v) is 2.86. The summed E-state index contributed by atoms with van der Waals surface area (Å²) in [5, 5.41) is 4.15. The SMILES string of the molecule is C=C(C)C(=O)NCc1sc2ccccc2c1C. The third-order valence-electron chi connectivity index (χ3n) is 2.74. The highest BCUT2D eigenvalue weighted by Gasteiger charge is 2.09. The summed E-state index contributed by atoms with van der Waals surface area (Å²) in [5.74, 6) is -0.0816. The minimum atomic E-state index is -0.0816. The zero-order chi connectivity index (χ0) is 12.4. The highest BCUT2D eigenvalue weighted by atomic mass is 32.1. The van der Waals surface area contributed by atoms with E-state index in [9.17, 15) is 4.79 Å². The molecule has 0 atom stereocenters. The number of fused-ring (bicyclic) bond motifs is 1. The Morgan fingerprint density at radius 2 is 2.12 bits per heavy atom. The number of amides is 1. The molecule has 2 rings (SSSR count). The largest absolute Gasteiger partial charge is 0.347 e. The van der Waals surface area contributed by atoms with Gasteiger partial charge in [0.25, 0.3) is 0 Å². The maximum Gasteiger partial charge on any atom is 0.246 e. The molecule has 0 aliphatic rings. The molecule has 1 aromatic heterocycles. The van der Waals surface area contributed by atoms with Crippen LogP contribution in [-0.4, -0.2) is 5.91 Å². The molecular formula is C14H15NOS. The summed E-state index contributed by atoms with van der Waals surface area (Å²) >= 11 is 1.73. The van der Waals surface area contributed by atoms with Crippen molar-refractivity contribution in [1.29, 1.82) is 0 Å². The molecule has 1 heterocycles. The highest BCUT2D eigenvalue weighted by Crippen LogP contribution is 2.30. The van der Waals surface area contributed by atoms with Crippen LogP contribution in [0.1, 0.15) is 17.4 Å². The van der Waals surface area contributed by atoms with Crippen LogP contribution in [0.4, 0.5) is 0 Å². The number of rotatable bonds is 3. The lowest BCUT2D eigenvalue weighted by Crippen LogP contribution is -2.22. The molecule has 1 N–H and O–H groups in total. The van der Waals surface area contributed by atoms with Gasteiger partial charge in [-0.2, -0.15) is 0 Å². The molecule has 0 saturated carbocycles. The number of nitrogens with one attached hydrogen (secondary N) is 1. The first-order valence-corrected chi connectivity index (χ1v) is 6.32. The summed E-state index contributed by atoms with van der Waals surface area (Å²) in [6.45, 7) is 8.02. The van der Waals surface area contributed by atoms with Gasteiger partial charge in [0.1, 0.15) is 0 Å². The van der Waals surface area contributed by atoms with Gasteiger partial charge in [-0.05, 0) is 30.9 Å². The molecular weight excluding hydrogens is 230 g/mol. The van der Waals surface area contributed by atoms with Gasteiger partial charge in [-0.15, -0.1) is 11.3 Å². The van der Waals surface area contributed by atoms with E-state index in [0.29, 0.717) is 12.1 Å². The Bertz CT molecular complexity index is 583. The molecule has 0 fully saturated rings. The van der Waals surface area contributed by atoms with Crippen LogP contribution in [0.5, 0.6) is 0 Å². The second-order valence-corrected chi connectivity index (χ2v) is 5.25. The molecule has 0 unspecified atom stereocenters. The van der Waals surface area contributed by atoms with Crippen LogP contribution in [0.25, 0.3) is 10.1 Å². The minimum Gasteiger partial charge on any atom is -0.347 e. The van der Waals surface area contributed by atoms with Crippen LogP contribution >= 0.6 is 11.3 Å². The van der Waals surface area contributed by atoms with Crippen LogP contribution in [-0.2, 0) is 11.3 Å². The van der Waals surface area contributed by atoms with Crippen molar-refractivity contribution in [1.82, 2.24) is 5.32 Å². The Hall–Kier alpha value is -1.61. The van der Waals surface area contributed by atoms with Crippen LogP contribution in [0, 0.1) is 6.92 Å². The van der Waals surface area contributed by atoms with Crippen molar-refractivity contribution in [2.75, 3.05) is 0 Å². The molecule has 2 aromatic rings. The number of carbonyl (C=O) groups excluding carboxylic acids is 1. The van der Waals surface area contributed by atoms with E-state index >= 15 is 0 Å². The number of benzene rings is 1. The maximum atomic E-state index is 11.4. The molecule has 17 heavy (non-hydrogen) atoms. The molecule has 0 spiro atoms. The summed E-state index contributed by atoms with van der Waals surface area (Å²) in [5.41, 5.74) is 1.80. The fourth-order valence-electron chi connectivity index (χ4n) is 1.71. The van der Waals surface area contributed by atoms with Crippen molar-refractivity contribution in [3.63, 3.8) is 0 Å². The molecule has 1 aromatic carbocycles. The van der Waals surface area contributed by atoms with E-state index in [0.717, 1.165) is 0 Å². The quantitative estimate of drug-likeness (QED) is 0.825. The molecule has 1 amide bonds. The summed E-state index contributed by atoms with van der Waals surface area (Å²) < 4.78 is 1.27. The Balaban J connectivity index is 2.22. The smallest absolute Gasteiger partial charge is 0.246 e. The van der Waals surface area contributed by atoms with Crippen molar-refractivity contribution in [3.05, 3.63) is 46.9 Å². The summed E-state index contributed by atoms with van der Waals surface area (Å²) in [4.78, 5) is 12.6. The van der Waals surface area contributed by atoms with Gasteiger partial charge < -0.3 is 5.32 Å². The Morgan fingerprint density at radius 1 is 1.41 bits per heavy atom. The van der Waals surface area contributed by atoms with Gasteiger partial charge in [0.15, 0.2) is 0 Å². The minimum absolute atomic E-state index is 0.0816. The lowest BCUT2D eigenvalue weighted by atomic mass is 10.1. The summed E-state index contributed by atoms with van der Waals surface area (Å²) in [7, 11) is 0. The Morgan fingerprint density at radius 3 is 2.76 bits per heavy atom. The standard InChI is InChI=1S/C14H15NOS/c1-9(2)14(16)15-8-13-10(3)11-6-4-5-7-12(11)17-13/h4-7H,1,8H2,2-3H3,(H,15,16). The maximum absolute atomic E-state index is 11.4. The van der Waals surface area contributed by atoms with E-state index < -0.39 is 0 Å². The van der Waals surface area contributed by atoms with Crippen LogP contribution < -0.4 is 5.32 Å². The first kappa shape index (κ1) is 11.9. The van der Waals surface area contributed by atoms with Crippen molar-refractivity contribution in [2.45, 2.75) is 20.4 Å². The monoisotopic (exact) mass is 245 g/mol. The number of carbonyl (C=O) groups is 1. The van der Waals surface area contributed by atoms with Gasteiger partial charge in [-0.25, -0.2) is 0 Å². The van der Waals surface area contributed by atoms with Crippen LogP contribution in [0.3, 0.4) is 0 Å². The molecule has 0 saturated heterocycles. The predicted molar refractivity (Wildman–Crippen MR) is 73.2 cm³/mol. The lowest BCUT2D eigenvalue weighted by molar-refractivity contribution is -0.117. The van der Waals surface area contributed by atoms with E-state index in [4.69, 9.17) is 0 Å². The van der Waals surface area contributed by atoms with E-state index in [1.165, 1.54) is 20.5 Å². The number of thiophene rings is 1. The zero-order valence-electron chi connectivity index (χ0n) is 10.0. The number of hydrogen-bond acceptors (Lipinski definition) is 2. The summed E-state index contributed by atoms with van der Waals surface area (Å²) in [6, 6.07) is 8.30. The van der Waals surface area contributed by atoms with Crippen molar-refractivity contribution < 1.29 is 4.79 Å². The van der Waals surface area contributed by atoms with Gasteiger partial charge in [0.05, 0.1) is 6.54 Å². The second-order valence-electron chi connectivity index (χ2n) is 4.11. The van der Waals surface area contributed by atoms with Gasteiger partial charge in [0.2, 0.25) is 5.91 Å². The molecule has 3 heteroatoms. The van der Waals surface area contributed by atoms with E-state index in [-0.39, 0.29) is 5.91 Å². The molecule has 0 aliphatic carbocycles. The van der Waals surface area contributed by atoms with Gasteiger partial charge in [-0.3, -0.25) is 4.79 Å². The first-order chi connectivity index (χ1) is 8.09. The number of aryl methyl sites for hydroxylation is 1. The molecule has 88 valence electrons. The lowest BCUT2D eigenvalue weighted by Gasteiger charge is -2.03. The predicted octanol–water partition coefficient (Wildman–Crippen LogP) is 3.40. The van der Waals surface area contributed by atoms with Crippen LogP contribution in [0.15, 0.2) is 36.4 Å². The van der Waals surface area contributed by atoms with Crippen LogP contribution in [0.2, 0.25) is 0 Å². The van der Waals surface area contributed by atoms with Crippen molar-refractivity contribution in [2.24, 2.45) is 0 Å². The topological polar surface area (TPSA) is 29.1 Å². The third-order valence-corrected chi connectivity index (χ3v) is 4.01. The Kier molecular flexibility index (Phi) is 3.29. The van der Waals surface area contributed by atoms with Gasteiger partial charge >= 0.3 is 0 Å². The zero-order valence-corrected chi connectivity index (χ0v) is 10.9. The molecule has 0 radical (unpaired) electrons. The first-order valence-electron chi connectivity index (χ1n) is 5.50. The summed E-state index contributed by atoms with van der Waals surface area (Å²) in [6.07, 6.45) is 0. The van der Waals surface area contributed by atoms with Gasteiger partial charge in [0, 0.05) is 15.2 Å². The molecule has 0 bridgehead atoms.